The van der Waals surface area contributed by atoms with Crippen molar-refractivity contribution in [1.82, 2.24) is 14.7 Å². The Kier molecular flexibility index (Phi) is 9.73. The van der Waals surface area contributed by atoms with Crippen molar-refractivity contribution in [3.05, 3.63) is 66.5 Å². The predicted octanol–water partition coefficient (Wildman–Crippen LogP) is 4.59. The molecule has 3 aromatic rings. The third kappa shape index (κ3) is 7.49. The van der Waals surface area contributed by atoms with Gasteiger partial charge in [-0.05, 0) is 37.6 Å². The summed E-state index contributed by atoms with van der Waals surface area (Å²) in [5.74, 6) is -1.13. The monoisotopic (exact) mass is 494 g/mol. The molecule has 0 aliphatic carbocycles. The molecular weight excluding hydrogens is 463 g/mol. The van der Waals surface area contributed by atoms with E-state index < -0.39 is 11.9 Å². The van der Waals surface area contributed by atoms with E-state index in [1.54, 1.807) is 25.1 Å². The van der Waals surface area contributed by atoms with Crippen LogP contribution in [-0.2, 0) is 19.1 Å². The first-order valence-corrected chi connectivity index (χ1v) is 12.1. The molecule has 3 rings (SSSR count). The number of amides is 2. The van der Waals surface area contributed by atoms with Crippen LogP contribution in [0.2, 0.25) is 0 Å². The molecule has 36 heavy (non-hydrogen) atoms. The Morgan fingerprint density at radius 3 is 2.42 bits per heavy atom. The van der Waals surface area contributed by atoms with Crippen molar-refractivity contribution in [2.24, 2.45) is 0 Å². The number of hydrogen-bond acceptors (Lipinski definition) is 5. The number of aromatic nitrogens is 2. The topological polar surface area (TPSA) is 93.5 Å². The molecule has 0 fully saturated rings. The first kappa shape index (κ1) is 26.6. The van der Waals surface area contributed by atoms with Gasteiger partial charge in [-0.1, -0.05) is 43.7 Å². The Labute approximate surface area is 210 Å². The average Bonchev–Trinajstić information content (AvgIpc) is 3.29. The van der Waals surface area contributed by atoms with Crippen LogP contribution >= 0.6 is 0 Å². The minimum absolute atomic E-state index is 0.0263. The molecule has 0 aliphatic rings. The molecule has 0 saturated carbocycles. The summed E-state index contributed by atoms with van der Waals surface area (Å²) in [6.45, 7) is 4.18. The van der Waals surface area contributed by atoms with E-state index in [-0.39, 0.29) is 37.7 Å². The van der Waals surface area contributed by atoms with Gasteiger partial charge in [0.05, 0.1) is 31.0 Å². The third-order valence-corrected chi connectivity index (χ3v) is 5.43. The molecule has 190 valence electrons. The zero-order chi connectivity index (χ0) is 25.9. The smallest absolute Gasteiger partial charge is 0.306 e. The van der Waals surface area contributed by atoms with Crippen molar-refractivity contribution < 1.29 is 23.5 Å². The van der Waals surface area contributed by atoms with Crippen LogP contribution in [0.5, 0.6) is 0 Å². The lowest BCUT2D eigenvalue weighted by molar-refractivity contribution is -0.145. The Hall–Kier alpha value is -4.01. The molecule has 0 unspecified atom stereocenters. The first-order valence-electron chi connectivity index (χ1n) is 12.1. The molecule has 0 bridgehead atoms. The molecule has 0 aliphatic heterocycles. The summed E-state index contributed by atoms with van der Waals surface area (Å²) in [6, 6.07) is 17.0. The molecule has 0 radical (unpaired) electrons. The molecule has 9 heteroatoms. The van der Waals surface area contributed by atoms with Crippen molar-refractivity contribution in [1.29, 1.82) is 0 Å². The van der Waals surface area contributed by atoms with Gasteiger partial charge in [0.1, 0.15) is 11.6 Å². The number of benzene rings is 2. The number of hydrogen-bond donors (Lipinski definition) is 1. The molecule has 8 nitrogen and oxygen atoms in total. The van der Waals surface area contributed by atoms with Gasteiger partial charge >= 0.3 is 5.97 Å². The van der Waals surface area contributed by atoms with Gasteiger partial charge < -0.3 is 15.0 Å². The van der Waals surface area contributed by atoms with Crippen molar-refractivity contribution in [3.8, 4) is 16.9 Å². The molecule has 0 spiro atoms. The highest BCUT2D eigenvalue weighted by molar-refractivity contribution is 5.95. The van der Waals surface area contributed by atoms with Crippen LogP contribution in [0, 0.1) is 5.82 Å². The van der Waals surface area contributed by atoms with Gasteiger partial charge in [0.2, 0.25) is 11.8 Å². The number of halogens is 1. The molecule has 2 amide bonds. The first-order chi connectivity index (χ1) is 17.4. The Morgan fingerprint density at radius 1 is 1.03 bits per heavy atom. The lowest BCUT2D eigenvalue weighted by Crippen LogP contribution is -2.39. The summed E-state index contributed by atoms with van der Waals surface area (Å²) in [5.41, 5.74) is 2.05. The quantitative estimate of drug-likeness (QED) is 0.372. The van der Waals surface area contributed by atoms with Crippen LogP contribution in [0.25, 0.3) is 16.9 Å². The van der Waals surface area contributed by atoms with E-state index in [1.165, 1.54) is 21.7 Å². The number of esters is 1. The van der Waals surface area contributed by atoms with Gasteiger partial charge in [-0.15, -0.1) is 0 Å². The lowest BCUT2D eigenvalue weighted by atomic mass is 10.1. The van der Waals surface area contributed by atoms with Gasteiger partial charge in [0, 0.05) is 24.6 Å². The van der Waals surface area contributed by atoms with Gasteiger partial charge in [0.15, 0.2) is 0 Å². The largest absolute Gasteiger partial charge is 0.466 e. The van der Waals surface area contributed by atoms with Crippen molar-refractivity contribution in [2.45, 2.75) is 39.5 Å². The molecule has 1 heterocycles. The van der Waals surface area contributed by atoms with Gasteiger partial charge in [-0.3, -0.25) is 14.4 Å². The Morgan fingerprint density at radius 2 is 1.75 bits per heavy atom. The molecule has 0 saturated heterocycles. The fourth-order valence-corrected chi connectivity index (χ4v) is 3.60. The number of ether oxygens (including phenoxy) is 1. The summed E-state index contributed by atoms with van der Waals surface area (Å²) < 4.78 is 19.9. The van der Waals surface area contributed by atoms with E-state index in [1.807, 2.05) is 37.3 Å². The van der Waals surface area contributed by atoms with Gasteiger partial charge in [-0.2, -0.15) is 5.10 Å². The fourth-order valence-electron chi connectivity index (χ4n) is 3.60. The summed E-state index contributed by atoms with van der Waals surface area (Å²) >= 11 is 0. The molecule has 1 aromatic heterocycles. The second-order valence-electron chi connectivity index (χ2n) is 8.19. The predicted molar refractivity (Wildman–Crippen MR) is 135 cm³/mol. The zero-order valence-electron chi connectivity index (χ0n) is 20.6. The van der Waals surface area contributed by atoms with Crippen LogP contribution in [0.15, 0.2) is 60.7 Å². The van der Waals surface area contributed by atoms with Crippen molar-refractivity contribution >= 4 is 23.6 Å². The number of anilines is 1. The van der Waals surface area contributed by atoms with E-state index in [9.17, 15) is 18.8 Å². The number of nitrogens with zero attached hydrogens (tertiary/aromatic N) is 3. The minimum Gasteiger partial charge on any atom is -0.466 e. The van der Waals surface area contributed by atoms with Crippen LogP contribution in [0.1, 0.15) is 39.5 Å². The highest BCUT2D eigenvalue weighted by atomic mass is 19.1. The molecule has 2 aromatic carbocycles. The number of rotatable bonds is 12. The molecular formula is C27H31FN4O4. The zero-order valence-corrected chi connectivity index (χ0v) is 20.6. The van der Waals surface area contributed by atoms with Gasteiger partial charge in [-0.25, -0.2) is 9.07 Å². The summed E-state index contributed by atoms with van der Waals surface area (Å²) in [6.07, 6.45) is 1.52. The number of carbonyl (C=O) groups is 3. The second-order valence-corrected chi connectivity index (χ2v) is 8.19. The second kappa shape index (κ2) is 13.2. The van der Waals surface area contributed by atoms with Crippen LogP contribution in [0.4, 0.5) is 10.2 Å². The fraction of sp³-hybridized carbons (Fsp3) is 0.333. The van der Waals surface area contributed by atoms with Crippen LogP contribution in [-0.4, -0.2) is 52.2 Å². The minimum atomic E-state index is -0.442. The summed E-state index contributed by atoms with van der Waals surface area (Å²) in [5, 5.41) is 7.45. The summed E-state index contributed by atoms with van der Waals surface area (Å²) in [4.78, 5) is 38.9. The summed E-state index contributed by atoms with van der Waals surface area (Å²) in [7, 11) is 0. The molecule has 1 N–H and O–H groups in total. The van der Waals surface area contributed by atoms with Crippen LogP contribution < -0.4 is 5.32 Å². The number of nitrogens with one attached hydrogen (secondary N) is 1. The Balaban J connectivity index is 1.79. The number of unbranched alkanes of at least 4 members (excludes halogenated alkanes) is 1. The van der Waals surface area contributed by atoms with E-state index >= 15 is 0 Å². The van der Waals surface area contributed by atoms with E-state index in [0.29, 0.717) is 23.7 Å². The maximum Gasteiger partial charge on any atom is 0.306 e. The average molecular weight is 495 g/mol. The highest BCUT2D eigenvalue weighted by Gasteiger charge is 2.20. The maximum atomic E-state index is 13.5. The Bertz CT molecular complexity index is 1160. The SMILES string of the molecule is CCCCN(CC(=O)Nc1cc(-c2ccccc2)nn1-c1ccc(F)cc1)C(=O)CCC(=O)OCC. The van der Waals surface area contributed by atoms with E-state index in [4.69, 9.17) is 4.74 Å². The standard InChI is InChI=1S/C27H31FN4O4/c1-3-5-17-31(26(34)15-16-27(35)36-4-2)19-25(33)29-24-18-23(20-9-7-6-8-10-20)30-32(24)22-13-11-21(28)12-14-22/h6-14,18H,3-5,15-17,19H2,1-2H3,(H,29,33). The van der Waals surface area contributed by atoms with Crippen molar-refractivity contribution in [3.63, 3.8) is 0 Å². The van der Waals surface area contributed by atoms with Gasteiger partial charge in [0.25, 0.3) is 0 Å². The lowest BCUT2D eigenvalue weighted by Gasteiger charge is -2.22. The van der Waals surface area contributed by atoms with E-state index in [2.05, 4.69) is 10.4 Å². The highest BCUT2D eigenvalue weighted by Crippen LogP contribution is 2.25. The third-order valence-electron chi connectivity index (χ3n) is 5.43. The van der Waals surface area contributed by atoms with Crippen LogP contribution in [0.3, 0.4) is 0 Å². The van der Waals surface area contributed by atoms with Crippen molar-refractivity contribution in [2.75, 3.05) is 25.0 Å². The normalized spacial score (nSPS) is 10.6. The molecule has 0 atom stereocenters. The van der Waals surface area contributed by atoms with E-state index in [0.717, 1.165) is 18.4 Å². The maximum absolute atomic E-state index is 13.5. The number of carbonyl (C=O) groups excluding carboxylic acids is 3.